The number of carbonyl (C=O) groups is 1. The van der Waals surface area contributed by atoms with Crippen molar-refractivity contribution in [2.45, 2.75) is 42.9 Å². The molecule has 0 bridgehead atoms. The number of hydrogen-bond acceptors (Lipinski definition) is 5. The lowest BCUT2D eigenvalue weighted by Gasteiger charge is -2.30. The van der Waals surface area contributed by atoms with Gasteiger partial charge in [0.1, 0.15) is 10.0 Å². The number of aryl methyl sites for hydroxylation is 2. The molecule has 9 heteroatoms. The summed E-state index contributed by atoms with van der Waals surface area (Å²) in [6, 6.07) is 11.1. The maximum absolute atomic E-state index is 12.7. The standard InChI is InChI=1S/C23H26N4O3S2/c28-23(18-10-13-27(14-11-18)32(29,30)22-5-3-15-31-22)24-19-8-6-17(7-9-19)20-16-26-12-2-1-4-21(26)25-20/h3,5-9,15-16,18H,1-2,4,10-14H2,(H,24,28). The molecule has 2 aromatic heterocycles. The number of benzene rings is 1. The second kappa shape index (κ2) is 8.80. The first kappa shape index (κ1) is 21.4. The minimum absolute atomic E-state index is 0.0524. The molecule has 0 spiro atoms. The van der Waals surface area contributed by atoms with E-state index in [0.717, 1.165) is 35.7 Å². The van der Waals surface area contributed by atoms with E-state index in [1.165, 1.54) is 28.5 Å². The molecule has 1 fully saturated rings. The van der Waals surface area contributed by atoms with Crippen molar-refractivity contribution in [2.75, 3.05) is 18.4 Å². The smallest absolute Gasteiger partial charge is 0.252 e. The summed E-state index contributed by atoms with van der Waals surface area (Å²) in [7, 11) is -3.45. The maximum Gasteiger partial charge on any atom is 0.252 e. The van der Waals surface area contributed by atoms with E-state index in [0.29, 0.717) is 30.1 Å². The van der Waals surface area contributed by atoms with Crippen LogP contribution in [0.25, 0.3) is 11.3 Å². The van der Waals surface area contributed by atoms with E-state index < -0.39 is 10.0 Å². The molecule has 1 saturated heterocycles. The number of hydrogen-bond donors (Lipinski definition) is 1. The second-order valence-corrected chi connectivity index (χ2v) is 11.5. The van der Waals surface area contributed by atoms with Crippen molar-refractivity contribution in [3.8, 4) is 11.3 Å². The van der Waals surface area contributed by atoms with Crippen LogP contribution in [0.3, 0.4) is 0 Å². The number of nitrogens with zero attached hydrogens (tertiary/aromatic N) is 3. The Morgan fingerprint density at radius 2 is 1.84 bits per heavy atom. The molecule has 2 aliphatic rings. The van der Waals surface area contributed by atoms with Gasteiger partial charge in [-0.2, -0.15) is 4.31 Å². The van der Waals surface area contributed by atoms with Gasteiger partial charge in [0.2, 0.25) is 5.91 Å². The Morgan fingerprint density at radius 1 is 1.06 bits per heavy atom. The molecule has 7 nitrogen and oxygen atoms in total. The van der Waals surface area contributed by atoms with Crippen LogP contribution in [0.15, 0.2) is 52.2 Å². The van der Waals surface area contributed by atoms with Crippen LogP contribution < -0.4 is 5.32 Å². The van der Waals surface area contributed by atoms with Gasteiger partial charge >= 0.3 is 0 Å². The van der Waals surface area contributed by atoms with Gasteiger partial charge in [0, 0.05) is 49.4 Å². The zero-order valence-corrected chi connectivity index (χ0v) is 19.4. The topological polar surface area (TPSA) is 84.3 Å². The van der Waals surface area contributed by atoms with Crippen molar-refractivity contribution in [2.24, 2.45) is 5.92 Å². The van der Waals surface area contributed by atoms with Gasteiger partial charge in [0.25, 0.3) is 10.0 Å². The molecule has 1 N–H and O–H groups in total. The average molecular weight is 471 g/mol. The SMILES string of the molecule is O=C(Nc1ccc(-c2cn3c(n2)CCCC3)cc1)C1CCN(S(=O)(=O)c2cccs2)CC1. The molecular formula is C23H26N4O3S2. The number of piperidine rings is 1. The van der Waals surface area contributed by atoms with Crippen LogP contribution >= 0.6 is 11.3 Å². The van der Waals surface area contributed by atoms with Gasteiger partial charge in [-0.15, -0.1) is 11.3 Å². The molecular weight excluding hydrogens is 444 g/mol. The average Bonchev–Trinajstić information content (AvgIpc) is 3.50. The van der Waals surface area contributed by atoms with Crippen molar-refractivity contribution in [1.29, 1.82) is 0 Å². The van der Waals surface area contributed by atoms with Crippen LogP contribution in [0, 0.1) is 5.92 Å². The van der Waals surface area contributed by atoms with Crippen LogP contribution in [-0.2, 0) is 27.8 Å². The lowest BCUT2D eigenvalue weighted by Crippen LogP contribution is -2.41. The molecule has 0 saturated carbocycles. The third-order valence-corrected chi connectivity index (χ3v) is 9.54. The Kier molecular flexibility index (Phi) is 5.88. The quantitative estimate of drug-likeness (QED) is 0.611. The van der Waals surface area contributed by atoms with E-state index in [1.54, 1.807) is 17.5 Å². The lowest BCUT2D eigenvalue weighted by atomic mass is 9.97. The summed E-state index contributed by atoms with van der Waals surface area (Å²) in [5.74, 6) is 0.906. The van der Waals surface area contributed by atoms with Crippen molar-refractivity contribution >= 4 is 33.0 Å². The molecule has 1 amide bonds. The first-order chi connectivity index (χ1) is 15.5. The van der Waals surface area contributed by atoms with Crippen LogP contribution in [0.4, 0.5) is 5.69 Å². The number of sulfonamides is 1. The summed E-state index contributed by atoms with van der Waals surface area (Å²) in [5, 5.41) is 4.75. The summed E-state index contributed by atoms with van der Waals surface area (Å²) in [4.78, 5) is 17.5. The molecule has 4 heterocycles. The molecule has 5 rings (SSSR count). The molecule has 0 aliphatic carbocycles. The lowest BCUT2D eigenvalue weighted by molar-refractivity contribution is -0.120. The fraction of sp³-hybridized carbons (Fsp3) is 0.391. The van der Waals surface area contributed by atoms with Crippen molar-refractivity contribution < 1.29 is 13.2 Å². The first-order valence-electron chi connectivity index (χ1n) is 11.0. The number of imidazole rings is 1. The van der Waals surface area contributed by atoms with E-state index in [4.69, 9.17) is 4.98 Å². The van der Waals surface area contributed by atoms with Gasteiger partial charge in [-0.25, -0.2) is 13.4 Å². The number of thiophene rings is 1. The number of fused-ring (bicyclic) bond motifs is 1. The largest absolute Gasteiger partial charge is 0.334 e. The van der Waals surface area contributed by atoms with Crippen LogP contribution in [-0.4, -0.2) is 41.3 Å². The molecule has 168 valence electrons. The zero-order chi connectivity index (χ0) is 22.1. The molecule has 2 aliphatic heterocycles. The molecule has 1 aromatic carbocycles. The van der Waals surface area contributed by atoms with Crippen molar-refractivity contribution in [1.82, 2.24) is 13.9 Å². The monoisotopic (exact) mass is 470 g/mol. The van der Waals surface area contributed by atoms with Gasteiger partial charge in [-0.05, 0) is 49.3 Å². The molecule has 0 atom stereocenters. The van der Waals surface area contributed by atoms with E-state index >= 15 is 0 Å². The highest BCUT2D eigenvalue weighted by atomic mass is 32.2. The fourth-order valence-electron chi connectivity index (χ4n) is 4.42. The summed E-state index contributed by atoms with van der Waals surface area (Å²) in [6.45, 7) is 1.76. The zero-order valence-electron chi connectivity index (χ0n) is 17.7. The second-order valence-electron chi connectivity index (χ2n) is 8.37. The Hall–Kier alpha value is -2.49. The fourth-order valence-corrected chi connectivity index (χ4v) is 7.03. The van der Waals surface area contributed by atoms with Crippen molar-refractivity contribution in [3.63, 3.8) is 0 Å². The van der Waals surface area contributed by atoms with Crippen molar-refractivity contribution in [3.05, 3.63) is 53.8 Å². The number of carbonyl (C=O) groups excluding carboxylic acids is 1. The number of rotatable bonds is 5. The Labute approximate surface area is 192 Å². The number of nitrogens with one attached hydrogen (secondary N) is 1. The third kappa shape index (κ3) is 4.24. The minimum Gasteiger partial charge on any atom is -0.334 e. The summed E-state index contributed by atoms with van der Waals surface area (Å²) < 4.78 is 29.4. The van der Waals surface area contributed by atoms with E-state index in [1.807, 2.05) is 24.3 Å². The minimum atomic E-state index is -3.45. The predicted octanol–water partition coefficient (Wildman–Crippen LogP) is 3.99. The number of aromatic nitrogens is 2. The Morgan fingerprint density at radius 3 is 2.53 bits per heavy atom. The Balaban J connectivity index is 1.18. The molecule has 3 aromatic rings. The highest BCUT2D eigenvalue weighted by Gasteiger charge is 2.32. The normalized spacial score (nSPS) is 17.8. The highest BCUT2D eigenvalue weighted by Crippen LogP contribution is 2.28. The van der Waals surface area contributed by atoms with Gasteiger partial charge in [0.05, 0.1) is 5.69 Å². The third-order valence-electron chi connectivity index (χ3n) is 6.27. The summed E-state index contributed by atoms with van der Waals surface area (Å²) in [6.07, 6.45) is 6.58. The van der Waals surface area contributed by atoms with Gasteiger partial charge < -0.3 is 9.88 Å². The number of anilines is 1. The van der Waals surface area contributed by atoms with Crippen LogP contribution in [0.2, 0.25) is 0 Å². The van der Waals surface area contributed by atoms with Crippen LogP contribution in [0.1, 0.15) is 31.5 Å². The molecule has 0 unspecified atom stereocenters. The highest BCUT2D eigenvalue weighted by molar-refractivity contribution is 7.91. The summed E-state index contributed by atoms with van der Waals surface area (Å²) >= 11 is 1.22. The van der Waals surface area contributed by atoms with Gasteiger partial charge in [0.15, 0.2) is 0 Å². The van der Waals surface area contributed by atoms with Gasteiger partial charge in [-0.3, -0.25) is 4.79 Å². The summed E-state index contributed by atoms with van der Waals surface area (Å²) in [5.41, 5.74) is 2.76. The maximum atomic E-state index is 12.7. The molecule has 0 radical (unpaired) electrons. The first-order valence-corrected chi connectivity index (χ1v) is 13.3. The number of amides is 1. The predicted molar refractivity (Wildman–Crippen MR) is 125 cm³/mol. The van der Waals surface area contributed by atoms with E-state index in [2.05, 4.69) is 16.1 Å². The molecule has 32 heavy (non-hydrogen) atoms. The van der Waals surface area contributed by atoms with Crippen LogP contribution in [0.5, 0.6) is 0 Å². The van der Waals surface area contributed by atoms with Gasteiger partial charge in [-0.1, -0.05) is 18.2 Å². The van der Waals surface area contributed by atoms with E-state index in [9.17, 15) is 13.2 Å². The Bertz CT molecular complexity index is 1170. The van der Waals surface area contributed by atoms with E-state index in [-0.39, 0.29) is 11.8 Å².